The highest BCUT2D eigenvalue weighted by Crippen LogP contribution is 2.42. The lowest BCUT2D eigenvalue weighted by atomic mass is 9.70. The maximum Gasteiger partial charge on any atom is -0.0159 e. The van der Waals surface area contributed by atoms with Crippen LogP contribution in [0.2, 0.25) is 0 Å². The molecule has 1 aliphatic rings. The van der Waals surface area contributed by atoms with Gasteiger partial charge < -0.3 is 0 Å². The molecule has 0 atom stereocenters. The first-order chi connectivity index (χ1) is 6.23. The Morgan fingerprint density at radius 2 is 1.14 bits per heavy atom. The second-order valence-corrected chi connectivity index (χ2v) is 6.05. The molecule has 78 valence electrons. The molecule has 0 spiro atoms. The second-order valence-electron chi connectivity index (χ2n) is 6.05. The van der Waals surface area contributed by atoms with Gasteiger partial charge in [-0.3, -0.25) is 0 Å². The first kappa shape index (κ1) is 11.3. The fourth-order valence-corrected chi connectivity index (χ4v) is 2.53. The van der Waals surface area contributed by atoms with Crippen molar-refractivity contribution in [2.45, 2.75) is 41.5 Å². The minimum atomic E-state index is 0.243. The van der Waals surface area contributed by atoms with Gasteiger partial charge in [-0.1, -0.05) is 71.4 Å². The zero-order valence-corrected chi connectivity index (χ0v) is 10.3. The predicted molar refractivity (Wildman–Crippen MR) is 64.2 cm³/mol. The van der Waals surface area contributed by atoms with E-state index in [9.17, 15) is 0 Å². The SMILES string of the molecule is CC(C)(C)C(=C1C=CC=C1)C(C)(C)C. The van der Waals surface area contributed by atoms with Gasteiger partial charge in [0.2, 0.25) is 0 Å². The van der Waals surface area contributed by atoms with Crippen molar-refractivity contribution >= 4 is 0 Å². The van der Waals surface area contributed by atoms with Crippen LogP contribution in [0.1, 0.15) is 41.5 Å². The molecule has 14 heavy (non-hydrogen) atoms. The highest BCUT2D eigenvalue weighted by molar-refractivity contribution is 5.46. The van der Waals surface area contributed by atoms with Crippen molar-refractivity contribution in [3.63, 3.8) is 0 Å². The summed E-state index contributed by atoms with van der Waals surface area (Å²) in [6, 6.07) is 0. The molecule has 0 heteroatoms. The first-order valence-corrected chi connectivity index (χ1v) is 5.33. The quantitative estimate of drug-likeness (QED) is 0.527. The van der Waals surface area contributed by atoms with E-state index in [2.05, 4.69) is 65.8 Å². The summed E-state index contributed by atoms with van der Waals surface area (Å²) in [6.45, 7) is 13.8. The van der Waals surface area contributed by atoms with Gasteiger partial charge in [0.1, 0.15) is 0 Å². The number of allylic oxidation sites excluding steroid dienone is 6. The van der Waals surface area contributed by atoms with Gasteiger partial charge in [-0.15, -0.1) is 0 Å². The minimum absolute atomic E-state index is 0.243. The van der Waals surface area contributed by atoms with Crippen molar-refractivity contribution < 1.29 is 0 Å². The lowest BCUT2D eigenvalue weighted by Crippen LogP contribution is -2.23. The summed E-state index contributed by atoms with van der Waals surface area (Å²) in [7, 11) is 0. The lowest BCUT2D eigenvalue weighted by Gasteiger charge is -2.35. The number of hydrogen-bond donors (Lipinski definition) is 0. The molecule has 0 unspecified atom stereocenters. The molecule has 0 aromatic carbocycles. The van der Waals surface area contributed by atoms with E-state index in [-0.39, 0.29) is 10.8 Å². The molecule has 1 aliphatic carbocycles. The van der Waals surface area contributed by atoms with E-state index < -0.39 is 0 Å². The van der Waals surface area contributed by atoms with E-state index in [1.807, 2.05) is 0 Å². The molecule has 0 bridgehead atoms. The van der Waals surface area contributed by atoms with Gasteiger partial charge in [0.05, 0.1) is 0 Å². The molecule has 0 N–H and O–H groups in total. The zero-order chi connectivity index (χ0) is 11.0. The fraction of sp³-hybridized carbons (Fsp3) is 0.571. The van der Waals surface area contributed by atoms with Gasteiger partial charge >= 0.3 is 0 Å². The minimum Gasteiger partial charge on any atom is -0.0617 e. The highest BCUT2D eigenvalue weighted by atomic mass is 14.3. The topological polar surface area (TPSA) is 0 Å². The molecule has 0 aliphatic heterocycles. The molecule has 1 rings (SSSR count). The monoisotopic (exact) mass is 190 g/mol. The van der Waals surface area contributed by atoms with E-state index in [0.29, 0.717) is 0 Å². The largest absolute Gasteiger partial charge is 0.0617 e. The highest BCUT2D eigenvalue weighted by Gasteiger charge is 2.29. The molecule has 0 nitrogen and oxygen atoms in total. The molecule has 0 radical (unpaired) electrons. The molecular weight excluding hydrogens is 168 g/mol. The van der Waals surface area contributed by atoms with Gasteiger partial charge in [-0.25, -0.2) is 0 Å². The summed E-state index contributed by atoms with van der Waals surface area (Å²) in [5, 5.41) is 0. The van der Waals surface area contributed by atoms with E-state index in [4.69, 9.17) is 0 Å². The van der Waals surface area contributed by atoms with Crippen LogP contribution in [0.5, 0.6) is 0 Å². The average molecular weight is 190 g/mol. The smallest absolute Gasteiger partial charge is 0.0159 e. The van der Waals surface area contributed by atoms with Crippen LogP contribution in [0.4, 0.5) is 0 Å². The third kappa shape index (κ3) is 2.37. The third-order valence-corrected chi connectivity index (χ3v) is 2.45. The maximum atomic E-state index is 2.29. The summed E-state index contributed by atoms with van der Waals surface area (Å²) < 4.78 is 0. The molecular formula is C14H22. The summed E-state index contributed by atoms with van der Waals surface area (Å²) in [5.41, 5.74) is 3.42. The normalized spacial score (nSPS) is 16.6. The van der Waals surface area contributed by atoms with Crippen molar-refractivity contribution in [1.29, 1.82) is 0 Å². The van der Waals surface area contributed by atoms with Crippen LogP contribution in [-0.2, 0) is 0 Å². The molecule has 0 aromatic heterocycles. The van der Waals surface area contributed by atoms with Crippen molar-refractivity contribution in [1.82, 2.24) is 0 Å². The van der Waals surface area contributed by atoms with Gasteiger partial charge in [0.15, 0.2) is 0 Å². The van der Waals surface area contributed by atoms with Crippen LogP contribution in [0.25, 0.3) is 0 Å². The Labute approximate surface area is 88.4 Å². The summed E-state index contributed by atoms with van der Waals surface area (Å²) in [6.07, 6.45) is 8.66. The Kier molecular flexibility index (Phi) is 2.76. The van der Waals surface area contributed by atoms with Crippen LogP contribution in [0, 0.1) is 10.8 Å². The summed E-state index contributed by atoms with van der Waals surface area (Å²) in [4.78, 5) is 0. The molecule has 0 amide bonds. The van der Waals surface area contributed by atoms with Crippen LogP contribution >= 0.6 is 0 Å². The molecule has 0 fully saturated rings. The summed E-state index contributed by atoms with van der Waals surface area (Å²) in [5.74, 6) is 0. The Bertz CT molecular complexity index is 268. The lowest BCUT2D eigenvalue weighted by molar-refractivity contribution is 0.360. The molecule has 0 heterocycles. The van der Waals surface area contributed by atoms with E-state index in [1.165, 1.54) is 11.1 Å². The van der Waals surface area contributed by atoms with Crippen LogP contribution in [0.15, 0.2) is 35.5 Å². The number of rotatable bonds is 0. The summed E-state index contributed by atoms with van der Waals surface area (Å²) >= 11 is 0. The third-order valence-electron chi connectivity index (χ3n) is 2.45. The number of hydrogen-bond acceptors (Lipinski definition) is 0. The van der Waals surface area contributed by atoms with Crippen LogP contribution < -0.4 is 0 Å². The van der Waals surface area contributed by atoms with Gasteiger partial charge in [-0.05, 0) is 16.4 Å². The zero-order valence-electron chi connectivity index (χ0n) is 10.3. The van der Waals surface area contributed by atoms with Gasteiger partial charge in [0, 0.05) is 0 Å². The van der Waals surface area contributed by atoms with Crippen molar-refractivity contribution in [3.8, 4) is 0 Å². The predicted octanol–water partition coefficient (Wildman–Crippen LogP) is 4.50. The Hall–Kier alpha value is -0.780. The Morgan fingerprint density at radius 3 is 1.43 bits per heavy atom. The average Bonchev–Trinajstić information content (AvgIpc) is 2.31. The van der Waals surface area contributed by atoms with Crippen molar-refractivity contribution in [2.75, 3.05) is 0 Å². The van der Waals surface area contributed by atoms with E-state index >= 15 is 0 Å². The van der Waals surface area contributed by atoms with Crippen LogP contribution in [-0.4, -0.2) is 0 Å². The van der Waals surface area contributed by atoms with Gasteiger partial charge in [-0.2, -0.15) is 0 Å². The van der Waals surface area contributed by atoms with Crippen LogP contribution in [0.3, 0.4) is 0 Å². The van der Waals surface area contributed by atoms with Crippen molar-refractivity contribution in [2.24, 2.45) is 10.8 Å². The van der Waals surface area contributed by atoms with Crippen molar-refractivity contribution in [3.05, 3.63) is 35.5 Å². The fourth-order valence-electron chi connectivity index (χ4n) is 2.53. The molecule has 0 saturated carbocycles. The Balaban J connectivity index is 3.27. The molecule has 0 aromatic rings. The standard InChI is InChI=1S/C14H22/c1-13(2,3)12(14(4,5)6)11-9-7-8-10-11/h7-10H,1-6H3. The second kappa shape index (κ2) is 3.42. The van der Waals surface area contributed by atoms with E-state index in [1.54, 1.807) is 0 Å². The van der Waals surface area contributed by atoms with Gasteiger partial charge in [0.25, 0.3) is 0 Å². The van der Waals surface area contributed by atoms with E-state index in [0.717, 1.165) is 0 Å². The first-order valence-electron chi connectivity index (χ1n) is 5.33. The maximum absolute atomic E-state index is 2.29. The molecule has 0 saturated heterocycles. The Morgan fingerprint density at radius 1 is 0.786 bits per heavy atom.